The first kappa shape index (κ1) is 14.5. The van der Waals surface area contributed by atoms with Crippen molar-refractivity contribution in [2.24, 2.45) is 5.73 Å². The SMILES string of the molecule is COCC(CN)NC(=O)c1cc(C)ccc1OC. The summed E-state index contributed by atoms with van der Waals surface area (Å²) in [5.41, 5.74) is 7.06. The first-order valence-electron chi connectivity index (χ1n) is 5.76. The minimum absolute atomic E-state index is 0.201. The van der Waals surface area contributed by atoms with Crippen molar-refractivity contribution in [1.82, 2.24) is 5.32 Å². The van der Waals surface area contributed by atoms with Crippen LogP contribution in [0.25, 0.3) is 0 Å². The van der Waals surface area contributed by atoms with E-state index < -0.39 is 0 Å². The number of carbonyl (C=O) groups is 1. The lowest BCUT2D eigenvalue weighted by Crippen LogP contribution is -2.43. The van der Waals surface area contributed by atoms with Crippen molar-refractivity contribution in [1.29, 1.82) is 0 Å². The summed E-state index contributed by atoms with van der Waals surface area (Å²) in [5, 5.41) is 2.82. The van der Waals surface area contributed by atoms with Crippen LogP contribution in [0.15, 0.2) is 18.2 Å². The Hall–Kier alpha value is -1.59. The lowest BCUT2D eigenvalue weighted by atomic mass is 10.1. The smallest absolute Gasteiger partial charge is 0.255 e. The van der Waals surface area contributed by atoms with Gasteiger partial charge in [-0.05, 0) is 19.1 Å². The minimum Gasteiger partial charge on any atom is -0.496 e. The van der Waals surface area contributed by atoms with E-state index in [1.54, 1.807) is 19.2 Å². The molecular weight excluding hydrogens is 232 g/mol. The lowest BCUT2D eigenvalue weighted by molar-refractivity contribution is 0.0897. The number of ether oxygens (including phenoxy) is 2. The van der Waals surface area contributed by atoms with Crippen molar-refractivity contribution < 1.29 is 14.3 Å². The Morgan fingerprint density at radius 3 is 2.72 bits per heavy atom. The second kappa shape index (κ2) is 6.98. The van der Waals surface area contributed by atoms with Gasteiger partial charge >= 0.3 is 0 Å². The number of amides is 1. The molecule has 1 atom stereocenters. The molecule has 18 heavy (non-hydrogen) atoms. The van der Waals surface area contributed by atoms with E-state index in [0.717, 1.165) is 5.56 Å². The van der Waals surface area contributed by atoms with Crippen LogP contribution < -0.4 is 15.8 Å². The summed E-state index contributed by atoms with van der Waals surface area (Å²) in [6.45, 7) is 2.63. The number of methoxy groups -OCH3 is 2. The molecule has 3 N–H and O–H groups in total. The summed E-state index contributed by atoms with van der Waals surface area (Å²) in [4.78, 5) is 12.1. The molecule has 5 nitrogen and oxygen atoms in total. The highest BCUT2D eigenvalue weighted by atomic mass is 16.5. The largest absolute Gasteiger partial charge is 0.496 e. The third-order valence-electron chi connectivity index (χ3n) is 2.59. The third kappa shape index (κ3) is 3.72. The molecule has 5 heteroatoms. The molecule has 100 valence electrons. The Balaban J connectivity index is 2.85. The highest BCUT2D eigenvalue weighted by molar-refractivity contribution is 5.97. The first-order chi connectivity index (χ1) is 8.62. The maximum absolute atomic E-state index is 12.1. The van der Waals surface area contributed by atoms with Crippen LogP contribution in [-0.2, 0) is 4.74 Å². The van der Waals surface area contributed by atoms with Gasteiger partial charge in [0.25, 0.3) is 5.91 Å². The molecule has 0 aliphatic carbocycles. The molecule has 0 aliphatic heterocycles. The Morgan fingerprint density at radius 2 is 2.17 bits per heavy atom. The van der Waals surface area contributed by atoms with E-state index in [1.807, 2.05) is 13.0 Å². The second-order valence-corrected chi connectivity index (χ2v) is 4.07. The fourth-order valence-electron chi connectivity index (χ4n) is 1.63. The number of nitrogens with one attached hydrogen (secondary N) is 1. The monoisotopic (exact) mass is 252 g/mol. The van der Waals surface area contributed by atoms with E-state index in [0.29, 0.717) is 24.5 Å². The van der Waals surface area contributed by atoms with Gasteiger partial charge in [-0.3, -0.25) is 4.79 Å². The Labute approximate surface area is 107 Å². The summed E-state index contributed by atoms with van der Waals surface area (Å²) in [6, 6.07) is 5.25. The van der Waals surface area contributed by atoms with Crippen molar-refractivity contribution in [3.63, 3.8) is 0 Å². The highest BCUT2D eigenvalue weighted by Gasteiger charge is 2.16. The summed E-state index contributed by atoms with van der Waals surface area (Å²) in [6.07, 6.45) is 0. The fourth-order valence-corrected chi connectivity index (χ4v) is 1.63. The van der Waals surface area contributed by atoms with E-state index in [4.69, 9.17) is 15.2 Å². The summed E-state index contributed by atoms with van der Waals surface area (Å²) >= 11 is 0. The maximum Gasteiger partial charge on any atom is 0.255 e. The van der Waals surface area contributed by atoms with Gasteiger partial charge in [0.15, 0.2) is 0 Å². The number of hydrogen-bond acceptors (Lipinski definition) is 4. The summed E-state index contributed by atoms with van der Waals surface area (Å²) in [5.74, 6) is 0.342. The van der Waals surface area contributed by atoms with E-state index in [-0.39, 0.29) is 11.9 Å². The zero-order chi connectivity index (χ0) is 13.5. The van der Waals surface area contributed by atoms with E-state index in [9.17, 15) is 4.79 Å². The molecule has 0 spiro atoms. The molecule has 0 radical (unpaired) electrons. The van der Waals surface area contributed by atoms with Gasteiger partial charge in [0.2, 0.25) is 0 Å². The molecule has 1 aromatic rings. The molecule has 0 fully saturated rings. The number of carbonyl (C=O) groups excluding carboxylic acids is 1. The van der Waals surface area contributed by atoms with Gasteiger partial charge in [0, 0.05) is 13.7 Å². The van der Waals surface area contributed by atoms with Crippen LogP contribution in [0.2, 0.25) is 0 Å². The molecule has 1 unspecified atom stereocenters. The van der Waals surface area contributed by atoms with Crippen molar-refractivity contribution in [2.75, 3.05) is 27.4 Å². The fraction of sp³-hybridized carbons (Fsp3) is 0.462. The molecule has 0 aliphatic rings. The number of rotatable bonds is 6. The van der Waals surface area contributed by atoms with Crippen molar-refractivity contribution in [3.8, 4) is 5.75 Å². The topological polar surface area (TPSA) is 73.6 Å². The Bertz CT molecular complexity index is 407. The highest BCUT2D eigenvalue weighted by Crippen LogP contribution is 2.19. The van der Waals surface area contributed by atoms with Gasteiger partial charge in [-0.15, -0.1) is 0 Å². The normalized spacial score (nSPS) is 12.0. The van der Waals surface area contributed by atoms with Crippen LogP contribution in [-0.4, -0.2) is 39.3 Å². The predicted octanol–water partition coefficient (Wildman–Crippen LogP) is 0.707. The molecule has 1 aromatic carbocycles. The third-order valence-corrected chi connectivity index (χ3v) is 2.59. The van der Waals surface area contributed by atoms with Gasteiger partial charge < -0.3 is 20.5 Å². The Morgan fingerprint density at radius 1 is 1.44 bits per heavy atom. The molecule has 1 rings (SSSR count). The van der Waals surface area contributed by atoms with Crippen LogP contribution >= 0.6 is 0 Å². The molecule has 0 heterocycles. The van der Waals surface area contributed by atoms with Crippen LogP contribution in [0.1, 0.15) is 15.9 Å². The standard InChI is InChI=1S/C13H20N2O3/c1-9-4-5-12(18-3)11(6-9)13(16)15-10(7-14)8-17-2/h4-6,10H,7-8,14H2,1-3H3,(H,15,16). The molecule has 0 bridgehead atoms. The van der Waals surface area contributed by atoms with Crippen molar-refractivity contribution in [3.05, 3.63) is 29.3 Å². The van der Waals surface area contributed by atoms with Gasteiger partial charge in [0.1, 0.15) is 5.75 Å². The number of benzene rings is 1. The van der Waals surface area contributed by atoms with E-state index in [2.05, 4.69) is 5.32 Å². The van der Waals surface area contributed by atoms with Gasteiger partial charge in [-0.25, -0.2) is 0 Å². The average molecular weight is 252 g/mol. The molecule has 1 amide bonds. The van der Waals surface area contributed by atoms with Crippen LogP contribution in [0, 0.1) is 6.92 Å². The van der Waals surface area contributed by atoms with Crippen molar-refractivity contribution in [2.45, 2.75) is 13.0 Å². The molecule has 0 saturated carbocycles. The van der Waals surface area contributed by atoms with Crippen LogP contribution in [0.3, 0.4) is 0 Å². The number of hydrogen-bond donors (Lipinski definition) is 2. The van der Waals surface area contributed by atoms with Crippen LogP contribution in [0.4, 0.5) is 0 Å². The van der Waals surface area contributed by atoms with Gasteiger partial charge in [0.05, 0.1) is 25.3 Å². The predicted molar refractivity (Wildman–Crippen MR) is 69.9 cm³/mol. The zero-order valence-corrected chi connectivity index (χ0v) is 11.0. The first-order valence-corrected chi connectivity index (χ1v) is 5.76. The quantitative estimate of drug-likeness (QED) is 0.782. The van der Waals surface area contributed by atoms with Crippen molar-refractivity contribution >= 4 is 5.91 Å². The second-order valence-electron chi connectivity index (χ2n) is 4.07. The van der Waals surface area contributed by atoms with Gasteiger partial charge in [-0.2, -0.15) is 0 Å². The minimum atomic E-state index is -0.206. The lowest BCUT2D eigenvalue weighted by Gasteiger charge is -2.17. The number of aryl methyl sites for hydroxylation is 1. The summed E-state index contributed by atoms with van der Waals surface area (Å²) < 4.78 is 10.2. The van der Waals surface area contributed by atoms with Crippen LogP contribution in [0.5, 0.6) is 5.75 Å². The number of nitrogens with two attached hydrogens (primary N) is 1. The average Bonchev–Trinajstić information content (AvgIpc) is 2.38. The molecule has 0 saturated heterocycles. The molecule has 0 aromatic heterocycles. The zero-order valence-electron chi connectivity index (χ0n) is 11.0. The molecular formula is C13H20N2O3. The summed E-state index contributed by atoms with van der Waals surface area (Å²) in [7, 11) is 3.11. The maximum atomic E-state index is 12.1. The Kier molecular flexibility index (Phi) is 5.61. The van der Waals surface area contributed by atoms with E-state index in [1.165, 1.54) is 7.11 Å². The van der Waals surface area contributed by atoms with E-state index >= 15 is 0 Å². The van der Waals surface area contributed by atoms with Gasteiger partial charge in [-0.1, -0.05) is 11.6 Å².